The molecule has 1 aromatic carbocycles. The molecule has 1 saturated heterocycles. The third kappa shape index (κ3) is 3.13. The van der Waals surface area contributed by atoms with Crippen LogP contribution in [0, 0.1) is 11.8 Å². The molecule has 1 heterocycles. The van der Waals surface area contributed by atoms with Crippen molar-refractivity contribution in [3.8, 4) is 11.5 Å². The second-order valence-corrected chi connectivity index (χ2v) is 5.67. The van der Waals surface area contributed by atoms with E-state index in [1.54, 1.807) is 14.2 Å². The molecule has 0 aromatic heterocycles. The lowest BCUT2D eigenvalue weighted by atomic mass is 9.99. The van der Waals surface area contributed by atoms with E-state index in [1.807, 2.05) is 25.1 Å². The Balaban J connectivity index is 2.17. The van der Waals surface area contributed by atoms with E-state index < -0.39 is 5.97 Å². The van der Waals surface area contributed by atoms with Gasteiger partial charge in [-0.1, -0.05) is 13.0 Å². The van der Waals surface area contributed by atoms with Crippen LogP contribution < -0.4 is 9.47 Å². The van der Waals surface area contributed by atoms with Crippen LogP contribution >= 0.6 is 0 Å². The summed E-state index contributed by atoms with van der Waals surface area (Å²) in [5, 5.41) is 9.24. The number of likely N-dealkylation sites (tertiary alicyclic amines) is 1. The summed E-state index contributed by atoms with van der Waals surface area (Å²) >= 11 is 0. The Bertz CT molecular complexity index is 517. The van der Waals surface area contributed by atoms with Crippen molar-refractivity contribution in [2.45, 2.75) is 19.9 Å². The van der Waals surface area contributed by atoms with Crippen LogP contribution in [0.2, 0.25) is 0 Å². The smallest absolute Gasteiger partial charge is 0.308 e. The Morgan fingerprint density at radius 3 is 2.48 bits per heavy atom. The number of nitrogens with zero attached hydrogens (tertiary/aromatic N) is 1. The summed E-state index contributed by atoms with van der Waals surface area (Å²) in [6.45, 7) is 5.48. The van der Waals surface area contributed by atoms with Crippen molar-refractivity contribution in [1.82, 2.24) is 4.90 Å². The van der Waals surface area contributed by atoms with Crippen molar-refractivity contribution in [3.63, 3.8) is 0 Å². The van der Waals surface area contributed by atoms with Gasteiger partial charge in [-0.2, -0.15) is 0 Å². The van der Waals surface area contributed by atoms with Gasteiger partial charge in [-0.15, -0.1) is 0 Å². The maximum Gasteiger partial charge on any atom is 0.308 e. The molecule has 3 atom stereocenters. The van der Waals surface area contributed by atoms with Crippen LogP contribution in [-0.4, -0.2) is 43.3 Å². The molecule has 1 aromatic rings. The molecule has 0 spiro atoms. The summed E-state index contributed by atoms with van der Waals surface area (Å²) in [4.78, 5) is 13.5. The fourth-order valence-corrected chi connectivity index (χ4v) is 2.97. The lowest BCUT2D eigenvalue weighted by molar-refractivity contribution is -0.142. The molecule has 1 aliphatic rings. The van der Waals surface area contributed by atoms with Gasteiger partial charge in [-0.3, -0.25) is 9.69 Å². The molecule has 1 aliphatic heterocycles. The standard InChI is InChI=1S/C16H23NO4/c1-10-8-17(9-13(10)16(18)19)11(2)12-5-6-14(20-3)15(7-12)21-4/h5-7,10-11,13H,8-9H2,1-4H3,(H,18,19)/t10-,11?,13-/m1/s1. The highest BCUT2D eigenvalue weighted by atomic mass is 16.5. The number of aliphatic carboxylic acids is 1. The number of benzene rings is 1. The second-order valence-electron chi connectivity index (χ2n) is 5.67. The minimum Gasteiger partial charge on any atom is -0.493 e. The fourth-order valence-electron chi connectivity index (χ4n) is 2.97. The first kappa shape index (κ1) is 15.6. The molecule has 0 saturated carbocycles. The Morgan fingerprint density at radius 1 is 1.29 bits per heavy atom. The van der Waals surface area contributed by atoms with Gasteiger partial charge in [0.15, 0.2) is 11.5 Å². The SMILES string of the molecule is COc1ccc(C(C)N2C[C@@H](C)[C@H](C(=O)O)C2)cc1OC. The Labute approximate surface area is 125 Å². The highest BCUT2D eigenvalue weighted by Gasteiger charge is 2.36. The summed E-state index contributed by atoms with van der Waals surface area (Å²) < 4.78 is 10.6. The number of carboxylic acid groups (broad SMARTS) is 1. The highest BCUT2D eigenvalue weighted by Crippen LogP contribution is 2.35. The van der Waals surface area contributed by atoms with E-state index in [1.165, 1.54) is 0 Å². The molecule has 0 bridgehead atoms. The third-order valence-electron chi connectivity index (χ3n) is 4.40. The van der Waals surface area contributed by atoms with Crippen molar-refractivity contribution in [2.75, 3.05) is 27.3 Å². The first-order chi connectivity index (χ1) is 9.97. The summed E-state index contributed by atoms with van der Waals surface area (Å²) in [5.74, 6) is 0.581. The van der Waals surface area contributed by atoms with Crippen LogP contribution in [0.1, 0.15) is 25.5 Å². The van der Waals surface area contributed by atoms with Gasteiger partial charge in [0.2, 0.25) is 0 Å². The third-order valence-corrected chi connectivity index (χ3v) is 4.40. The Kier molecular flexibility index (Phi) is 4.73. The van der Waals surface area contributed by atoms with Crippen LogP contribution in [-0.2, 0) is 4.79 Å². The lowest BCUT2D eigenvalue weighted by Crippen LogP contribution is -2.26. The summed E-state index contributed by atoms with van der Waals surface area (Å²) in [6, 6.07) is 6.00. The van der Waals surface area contributed by atoms with Crippen LogP contribution in [0.15, 0.2) is 18.2 Å². The van der Waals surface area contributed by atoms with Gasteiger partial charge in [0, 0.05) is 19.1 Å². The number of carbonyl (C=O) groups is 1. The van der Waals surface area contributed by atoms with E-state index >= 15 is 0 Å². The average molecular weight is 293 g/mol. The molecule has 2 rings (SSSR count). The molecule has 21 heavy (non-hydrogen) atoms. The van der Waals surface area contributed by atoms with Gasteiger partial charge in [0.1, 0.15) is 0 Å². The molecule has 1 unspecified atom stereocenters. The van der Waals surface area contributed by atoms with Gasteiger partial charge in [0.25, 0.3) is 0 Å². The summed E-state index contributed by atoms with van der Waals surface area (Å²) in [7, 11) is 3.23. The van der Waals surface area contributed by atoms with Crippen LogP contribution in [0.4, 0.5) is 0 Å². The number of ether oxygens (including phenoxy) is 2. The number of rotatable bonds is 5. The molecule has 116 valence electrons. The minimum absolute atomic E-state index is 0.150. The van der Waals surface area contributed by atoms with Gasteiger partial charge in [-0.25, -0.2) is 0 Å². The van der Waals surface area contributed by atoms with E-state index in [-0.39, 0.29) is 17.9 Å². The van der Waals surface area contributed by atoms with Crippen LogP contribution in [0.5, 0.6) is 11.5 Å². The Hall–Kier alpha value is -1.75. The molecular weight excluding hydrogens is 270 g/mol. The fraction of sp³-hybridized carbons (Fsp3) is 0.562. The maximum absolute atomic E-state index is 11.2. The molecule has 1 fully saturated rings. The zero-order valence-electron chi connectivity index (χ0n) is 13.0. The highest BCUT2D eigenvalue weighted by molar-refractivity contribution is 5.71. The molecule has 0 aliphatic carbocycles. The van der Waals surface area contributed by atoms with Crippen molar-refractivity contribution in [1.29, 1.82) is 0 Å². The molecule has 1 N–H and O–H groups in total. The zero-order chi connectivity index (χ0) is 15.6. The number of methoxy groups -OCH3 is 2. The average Bonchev–Trinajstić information content (AvgIpc) is 2.87. The van der Waals surface area contributed by atoms with Crippen molar-refractivity contribution in [3.05, 3.63) is 23.8 Å². The van der Waals surface area contributed by atoms with Crippen molar-refractivity contribution in [2.24, 2.45) is 11.8 Å². The predicted molar refractivity (Wildman–Crippen MR) is 79.8 cm³/mol. The normalized spacial score (nSPS) is 23.8. The predicted octanol–water partition coefficient (Wildman–Crippen LogP) is 2.42. The van der Waals surface area contributed by atoms with Gasteiger partial charge in [0.05, 0.1) is 20.1 Å². The second kappa shape index (κ2) is 6.35. The first-order valence-corrected chi connectivity index (χ1v) is 7.16. The number of hydrogen-bond donors (Lipinski definition) is 1. The molecular formula is C16H23NO4. The van der Waals surface area contributed by atoms with Crippen molar-refractivity contribution < 1.29 is 19.4 Å². The Morgan fingerprint density at radius 2 is 1.95 bits per heavy atom. The van der Waals surface area contributed by atoms with E-state index in [0.717, 1.165) is 12.1 Å². The summed E-state index contributed by atoms with van der Waals surface area (Å²) in [5.41, 5.74) is 1.10. The van der Waals surface area contributed by atoms with Crippen molar-refractivity contribution >= 4 is 5.97 Å². The molecule has 5 nitrogen and oxygen atoms in total. The van der Waals surface area contributed by atoms with E-state index in [9.17, 15) is 9.90 Å². The quantitative estimate of drug-likeness (QED) is 0.903. The summed E-state index contributed by atoms with van der Waals surface area (Å²) in [6.07, 6.45) is 0. The topological polar surface area (TPSA) is 59.0 Å². The number of carboxylic acids is 1. The van der Waals surface area contributed by atoms with E-state index in [0.29, 0.717) is 18.0 Å². The molecule has 0 radical (unpaired) electrons. The van der Waals surface area contributed by atoms with E-state index in [2.05, 4.69) is 11.8 Å². The minimum atomic E-state index is -0.704. The van der Waals surface area contributed by atoms with Gasteiger partial charge >= 0.3 is 5.97 Å². The van der Waals surface area contributed by atoms with Gasteiger partial charge < -0.3 is 14.6 Å². The lowest BCUT2D eigenvalue weighted by Gasteiger charge is -2.25. The molecule has 0 amide bonds. The monoisotopic (exact) mass is 293 g/mol. The van der Waals surface area contributed by atoms with Crippen LogP contribution in [0.25, 0.3) is 0 Å². The van der Waals surface area contributed by atoms with Gasteiger partial charge in [-0.05, 0) is 30.5 Å². The first-order valence-electron chi connectivity index (χ1n) is 7.16. The maximum atomic E-state index is 11.2. The molecule has 5 heteroatoms. The largest absolute Gasteiger partial charge is 0.493 e. The zero-order valence-corrected chi connectivity index (χ0v) is 13.0. The number of hydrogen-bond acceptors (Lipinski definition) is 4. The van der Waals surface area contributed by atoms with Crippen LogP contribution in [0.3, 0.4) is 0 Å². The van der Waals surface area contributed by atoms with E-state index in [4.69, 9.17) is 9.47 Å².